The summed E-state index contributed by atoms with van der Waals surface area (Å²) >= 11 is 5.76. The van der Waals surface area contributed by atoms with Gasteiger partial charge in [-0.2, -0.15) is 31.4 Å². The molecule has 0 atom stereocenters. The van der Waals surface area contributed by atoms with Crippen LogP contribution < -0.4 is 10.5 Å². The minimum Gasteiger partial charge on any atom is -0.478 e. The number of aromatic nitrogens is 4. The van der Waals surface area contributed by atoms with E-state index in [4.69, 9.17) is 22.1 Å². The molecular formula is C17H12ClF6N5O. The maximum Gasteiger partial charge on any atom is 0.435 e. The lowest BCUT2D eigenvalue weighted by molar-refractivity contribution is -0.140. The summed E-state index contributed by atoms with van der Waals surface area (Å²) in [6.45, 7) is -0.508. The quantitative estimate of drug-likeness (QED) is 0.591. The molecule has 2 N–H and O–H groups in total. The van der Waals surface area contributed by atoms with E-state index in [0.717, 1.165) is 10.7 Å². The van der Waals surface area contributed by atoms with Crippen LogP contribution in [0.1, 0.15) is 17.0 Å². The van der Waals surface area contributed by atoms with Crippen LogP contribution in [0.15, 0.2) is 30.6 Å². The van der Waals surface area contributed by atoms with E-state index < -0.39 is 46.3 Å². The first kappa shape index (κ1) is 21.8. The third kappa shape index (κ3) is 4.05. The molecule has 160 valence electrons. The summed E-state index contributed by atoms with van der Waals surface area (Å²) in [4.78, 5) is 7.76. The number of nitrogens with two attached hydrogens (primary N) is 1. The van der Waals surface area contributed by atoms with Gasteiger partial charge in [0.15, 0.2) is 5.69 Å². The molecule has 0 bridgehead atoms. The fourth-order valence-electron chi connectivity index (χ4n) is 2.82. The molecule has 0 saturated heterocycles. The number of halogens is 7. The summed E-state index contributed by atoms with van der Waals surface area (Å²) in [5.41, 5.74) is 1.65. The van der Waals surface area contributed by atoms with Crippen molar-refractivity contribution in [3.63, 3.8) is 0 Å². The molecule has 0 radical (unpaired) electrons. The van der Waals surface area contributed by atoms with Crippen molar-refractivity contribution in [1.29, 1.82) is 0 Å². The first-order valence-corrected chi connectivity index (χ1v) is 8.47. The molecule has 3 rings (SSSR count). The Morgan fingerprint density at radius 1 is 1.03 bits per heavy atom. The Labute approximate surface area is 170 Å². The van der Waals surface area contributed by atoms with Crippen molar-refractivity contribution in [2.45, 2.75) is 18.9 Å². The first-order valence-electron chi connectivity index (χ1n) is 8.10. The van der Waals surface area contributed by atoms with E-state index in [-0.39, 0.29) is 17.4 Å². The normalized spacial score (nSPS) is 12.3. The summed E-state index contributed by atoms with van der Waals surface area (Å²) in [6, 6.07) is 2.13. The first-order chi connectivity index (χ1) is 14.0. The van der Waals surface area contributed by atoms with Crippen LogP contribution in [0.4, 0.5) is 26.3 Å². The third-order valence-corrected chi connectivity index (χ3v) is 4.22. The van der Waals surface area contributed by atoms with Crippen molar-refractivity contribution in [3.05, 3.63) is 52.6 Å². The van der Waals surface area contributed by atoms with Gasteiger partial charge in [-0.25, -0.2) is 14.6 Å². The highest BCUT2D eigenvalue weighted by atomic mass is 35.5. The summed E-state index contributed by atoms with van der Waals surface area (Å²) in [7, 11) is 1.22. The van der Waals surface area contributed by atoms with E-state index in [1.54, 1.807) is 0 Å². The van der Waals surface area contributed by atoms with Crippen LogP contribution in [0.25, 0.3) is 16.9 Å². The molecule has 3 aromatic rings. The van der Waals surface area contributed by atoms with Crippen LogP contribution in [0, 0.1) is 0 Å². The van der Waals surface area contributed by atoms with Crippen LogP contribution in [-0.4, -0.2) is 26.9 Å². The lowest BCUT2D eigenvalue weighted by atomic mass is 10.00. The Morgan fingerprint density at radius 3 is 2.27 bits per heavy atom. The second-order valence-corrected chi connectivity index (χ2v) is 6.34. The monoisotopic (exact) mass is 451 g/mol. The molecule has 6 nitrogen and oxygen atoms in total. The van der Waals surface area contributed by atoms with Gasteiger partial charge in [0.05, 0.1) is 18.4 Å². The zero-order valence-electron chi connectivity index (χ0n) is 15.0. The maximum absolute atomic E-state index is 13.8. The standard InChI is InChI=1S/C17H12ClF6N5O/c1-30-15-14(26-2-3-27-15)29-11(7-25)12(13(28-29)17(22,23)24)8-4-9(16(19,20)21)6-10(18)5-8/h2-6H,7,25H2,1H3. The number of benzene rings is 1. The molecule has 0 aliphatic heterocycles. The number of nitrogens with zero attached hydrogens (tertiary/aromatic N) is 4. The minimum atomic E-state index is -5.01. The Morgan fingerprint density at radius 2 is 1.70 bits per heavy atom. The molecule has 2 aromatic heterocycles. The van der Waals surface area contributed by atoms with Gasteiger partial charge in [0, 0.05) is 29.5 Å². The Hall–Kier alpha value is -2.86. The molecule has 0 aliphatic carbocycles. The summed E-state index contributed by atoms with van der Waals surface area (Å²) < 4.78 is 86.6. The smallest absolute Gasteiger partial charge is 0.435 e. The molecule has 2 heterocycles. The van der Waals surface area contributed by atoms with E-state index in [2.05, 4.69) is 15.1 Å². The topological polar surface area (TPSA) is 78.9 Å². The second-order valence-electron chi connectivity index (χ2n) is 5.90. The number of methoxy groups -OCH3 is 1. The minimum absolute atomic E-state index is 0.156. The van der Waals surface area contributed by atoms with Gasteiger partial charge in [0.1, 0.15) is 0 Å². The third-order valence-electron chi connectivity index (χ3n) is 4.00. The molecule has 0 aliphatic rings. The highest BCUT2D eigenvalue weighted by molar-refractivity contribution is 6.31. The van der Waals surface area contributed by atoms with Gasteiger partial charge < -0.3 is 10.5 Å². The lowest BCUT2D eigenvalue weighted by Crippen LogP contribution is -2.11. The van der Waals surface area contributed by atoms with Crippen molar-refractivity contribution in [2.75, 3.05) is 7.11 Å². The average molecular weight is 452 g/mol. The fourth-order valence-corrected chi connectivity index (χ4v) is 3.06. The molecule has 0 saturated carbocycles. The Kier molecular flexibility index (Phi) is 5.65. The van der Waals surface area contributed by atoms with Gasteiger partial charge in [-0.15, -0.1) is 0 Å². The van der Waals surface area contributed by atoms with Gasteiger partial charge >= 0.3 is 12.4 Å². The van der Waals surface area contributed by atoms with Crippen LogP contribution in [0.5, 0.6) is 5.88 Å². The Bertz CT molecular complexity index is 1080. The molecular weight excluding hydrogens is 440 g/mol. The summed E-state index contributed by atoms with van der Waals surface area (Å²) in [6.07, 6.45) is -7.41. The predicted molar refractivity (Wildman–Crippen MR) is 94.0 cm³/mol. The number of hydrogen-bond donors (Lipinski definition) is 1. The number of ether oxygens (including phenoxy) is 1. The molecule has 0 amide bonds. The van der Waals surface area contributed by atoms with Crippen molar-refractivity contribution in [1.82, 2.24) is 19.7 Å². The predicted octanol–water partition coefficient (Wildman–Crippen LogP) is 4.49. The molecule has 13 heteroatoms. The van der Waals surface area contributed by atoms with Crippen molar-refractivity contribution >= 4 is 11.6 Å². The maximum atomic E-state index is 13.8. The molecule has 30 heavy (non-hydrogen) atoms. The van der Waals surface area contributed by atoms with E-state index in [0.29, 0.717) is 12.1 Å². The van der Waals surface area contributed by atoms with Crippen molar-refractivity contribution < 1.29 is 31.1 Å². The van der Waals surface area contributed by atoms with E-state index in [9.17, 15) is 26.3 Å². The number of rotatable bonds is 4. The Balaban J connectivity index is 2.38. The number of hydrogen-bond acceptors (Lipinski definition) is 5. The lowest BCUT2D eigenvalue weighted by Gasteiger charge is -2.13. The van der Waals surface area contributed by atoms with E-state index in [1.807, 2.05) is 0 Å². The molecule has 0 fully saturated rings. The van der Waals surface area contributed by atoms with Gasteiger partial charge in [0.2, 0.25) is 5.82 Å². The average Bonchev–Trinajstić information content (AvgIpc) is 3.06. The highest BCUT2D eigenvalue weighted by Gasteiger charge is 2.41. The second kappa shape index (κ2) is 7.76. The zero-order valence-corrected chi connectivity index (χ0v) is 15.8. The summed E-state index contributed by atoms with van der Waals surface area (Å²) in [5.74, 6) is -0.368. The SMILES string of the molecule is COc1nccnc1-n1nc(C(F)(F)F)c(-c2cc(Cl)cc(C(F)(F)F)c2)c1CN. The molecule has 1 aromatic carbocycles. The highest BCUT2D eigenvalue weighted by Crippen LogP contribution is 2.42. The van der Waals surface area contributed by atoms with Crippen molar-refractivity contribution in [3.8, 4) is 22.8 Å². The molecule has 0 spiro atoms. The van der Waals surface area contributed by atoms with Gasteiger partial charge in [-0.05, 0) is 23.8 Å². The van der Waals surface area contributed by atoms with Crippen LogP contribution in [-0.2, 0) is 18.9 Å². The van der Waals surface area contributed by atoms with E-state index >= 15 is 0 Å². The summed E-state index contributed by atoms with van der Waals surface area (Å²) in [5, 5.41) is 3.13. The zero-order chi connectivity index (χ0) is 22.3. The van der Waals surface area contributed by atoms with Crippen LogP contribution in [0.2, 0.25) is 5.02 Å². The largest absolute Gasteiger partial charge is 0.478 e. The number of alkyl halides is 6. The van der Waals surface area contributed by atoms with Gasteiger partial charge in [-0.1, -0.05) is 11.6 Å². The van der Waals surface area contributed by atoms with E-state index in [1.165, 1.54) is 19.5 Å². The van der Waals surface area contributed by atoms with Crippen LogP contribution >= 0.6 is 11.6 Å². The fraction of sp³-hybridized carbons (Fsp3) is 0.235. The molecule has 0 unspecified atom stereocenters. The van der Waals surface area contributed by atoms with Crippen molar-refractivity contribution in [2.24, 2.45) is 5.73 Å². The van der Waals surface area contributed by atoms with Gasteiger partial charge in [0.25, 0.3) is 5.88 Å². The van der Waals surface area contributed by atoms with Crippen LogP contribution in [0.3, 0.4) is 0 Å². The van der Waals surface area contributed by atoms with Gasteiger partial charge in [-0.3, -0.25) is 0 Å².